The minimum Gasteiger partial charge on any atom is -0.326 e. The molecular formula is C17H27BrN2. The summed E-state index contributed by atoms with van der Waals surface area (Å²) in [6.07, 6.45) is 6.76. The quantitative estimate of drug-likeness (QED) is 0.856. The second-order valence-electron chi connectivity index (χ2n) is 5.95. The maximum absolute atomic E-state index is 6.36. The fourth-order valence-electron chi connectivity index (χ4n) is 3.57. The molecule has 0 saturated heterocycles. The lowest BCUT2D eigenvalue weighted by molar-refractivity contribution is 0.0971. The van der Waals surface area contributed by atoms with Crippen LogP contribution in [0.5, 0.6) is 0 Å². The summed E-state index contributed by atoms with van der Waals surface area (Å²) in [5.41, 5.74) is 7.69. The Morgan fingerprint density at radius 2 is 1.90 bits per heavy atom. The molecule has 0 aromatic heterocycles. The van der Waals surface area contributed by atoms with Crippen molar-refractivity contribution in [1.82, 2.24) is 4.90 Å². The molecule has 1 aliphatic rings. The van der Waals surface area contributed by atoms with Gasteiger partial charge in [0.05, 0.1) is 6.04 Å². The highest BCUT2D eigenvalue weighted by atomic mass is 79.9. The van der Waals surface area contributed by atoms with E-state index in [2.05, 4.69) is 58.9 Å². The monoisotopic (exact) mass is 338 g/mol. The minimum absolute atomic E-state index is 0.135. The summed E-state index contributed by atoms with van der Waals surface area (Å²) in [5.74, 6) is 0. The van der Waals surface area contributed by atoms with Crippen LogP contribution < -0.4 is 5.73 Å². The lowest BCUT2D eigenvalue weighted by atomic mass is 9.90. The van der Waals surface area contributed by atoms with Crippen LogP contribution >= 0.6 is 15.9 Å². The Bertz CT molecular complexity index is 413. The summed E-state index contributed by atoms with van der Waals surface area (Å²) >= 11 is 3.70. The molecule has 1 saturated carbocycles. The number of hydrogen-bond donors (Lipinski definition) is 1. The highest BCUT2D eigenvalue weighted by Crippen LogP contribution is 2.34. The first-order valence-electron chi connectivity index (χ1n) is 7.91. The van der Waals surface area contributed by atoms with E-state index >= 15 is 0 Å². The largest absolute Gasteiger partial charge is 0.326 e. The minimum atomic E-state index is 0.135. The molecule has 1 aromatic carbocycles. The van der Waals surface area contributed by atoms with Gasteiger partial charge in [0.15, 0.2) is 0 Å². The Kier molecular flexibility index (Phi) is 6.06. The molecule has 2 unspecified atom stereocenters. The van der Waals surface area contributed by atoms with Crippen LogP contribution in [0.25, 0.3) is 0 Å². The van der Waals surface area contributed by atoms with Crippen molar-refractivity contribution in [2.75, 3.05) is 6.54 Å². The fraction of sp³-hybridized carbons (Fsp3) is 0.647. The first-order chi connectivity index (χ1) is 9.65. The molecule has 2 rings (SSSR count). The topological polar surface area (TPSA) is 29.3 Å². The standard InChI is InChI=1S/C17H27BrN2/c1-3-20(14-9-5-4-6-10-14)17(13(2)19)15-11-7-8-12-16(15)18/h7-8,11-14,17H,3-6,9-10,19H2,1-2H3. The van der Waals surface area contributed by atoms with Gasteiger partial charge in [-0.25, -0.2) is 0 Å². The van der Waals surface area contributed by atoms with Gasteiger partial charge in [0.1, 0.15) is 0 Å². The van der Waals surface area contributed by atoms with Gasteiger partial charge in [-0.3, -0.25) is 4.90 Å². The zero-order chi connectivity index (χ0) is 14.5. The Morgan fingerprint density at radius 1 is 1.25 bits per heavy atom. The third kappa shape index (κ3) is 3.63. The van der Waals surface area contributed by atoms with Crippen LogP contribution in [-0.4, -0.2) is 23.5 Å². The van der Waals surface area contributed by atoms with Crippen molar-refractivity contribution in [2.24, 2.45) is 5.73 Å². The number of halogens is 1. The molecule has 112 valence electrons. The predicted octanol–water partition coefficient (Wildman–Crippen LogP) is 4.49. The highest BCUT2D eigenvalue weighted by molar-refractivity contribution is 9.10. The molecule has 0 aliphatic heterocycles. The predicted molar refractivity (Wildman–Crippen MR) is 89.8 cm³/mol. The van der Waals surface area contributed by atoms with Crippen molar-refractivity contribution < 1.29 is 0 Å². The zero-order valence-corrected chi connectivity index (χ0v) is 14.3. The number of nitrogens with two attached hydrogens (primary N) is 1. The molecule has 20 heavy (non-hydrogen) atoms. The molecule has 2 atom stereocenters. The van der Waals surface area contributed by atoms with Crippen LogP contribution in [0.4, 0.5) is 0 Å². The van der Waals surface area contributed by atoms with E-state index in [0.29, 0.717) is 12.1 Å². The third-order valence-electron chi connectivity index (χ3n) is 4.49. The van der Waals surface area contributed by atoms with Crippen molar-refractivity contribution >= 4 is 15.9 Å². The molecule has 1 fully saturated rings. The number of benzene rings is 1. The summed E-state index contributed by atoms with van der Waals surface area (Å²) in [5, 5.41) is 0. The summed E-state index contributed by atoms with van der Waals surface area (Å²) in [4.78, 5) is 2.63. The van der Waals surface area contributed by atoms with Crippen molar-refractivity contribution in [2.45, 2.75) is 64.1 Å². The van der Waals surface area contributed by atoms with Crippen molar-refractivity contribution in [3.8, 4) is 0 Å². The maximum Gasteiger partial charge on any atom is 0.0510 e. The van der Waals surface area contributed by atoms with E-state index in [0.717, 1.165) is 6.54 Å². The summed E-state index contributed by atoms with van der Waals surface area (Å²) in [7, 11) is 0. The van der Waals surface area contributed by atoms with E-state index in [1.54, 1.807) is 0 Å². The molecule has 1 aliphatic carbocycles. The number of hydrogen-bond acceptors (Lipinski definition) is 2. The fourth-order valence-corrected chi connectivity index (χ4v) is 4.09. The van der Waals surface area contributed by atoms with E-state index in [1.807, 2.05) is 0 Å². The molecule has 2 N–H and O–H groups in total. The van der Waals surface area contributed by atoms with Crippen LogP contribution in [0.2, 0.25) is 0 Å². The SMILES string of the molecule is CCN(C1CCCCC1)C(c1ccccc1Br)C(C)N. The second-order valence-corrected chi connectivity index (χ2v) is 6.80. The van der Waals surface area contributed by atoms with E-state index in [1.165, 1.54) is 42.1 Å². The molecule has 0 amide bonds. The van der Waals surface area contributed by atoms with Gasteiger partial charge in [-0.2, -0.15) is 0 Å². The highest BCUT2D eigenvalue weighted by Gasteiger charge is 2.30. The van der Waals surface area contributed by atoms with Crippen molar-refractivity contribution in [1.29, 1.82) is 0 Å². The lowest BCUT2D eigenvalue weighted by Gasteiger charge is -2.41. The van der Waals surface area contributed by atoms with Gasteiger partial charge >= 0.3 is 0 Å². The van der Waals surface area contributed by atoms with Crippen LogP contribution in [0.1, 0.15) is 57.6 Å². The molecule has 3 heteroatoms. The van der Waals surface area contributed by atoms with Crippen molar-refractivity contribution in [3.63, 3.8) is 0 Å². The van der Waals surface area contributed by atoms with E-state index in [4.69, 9.17) is 5.73 Å². The van der Waals surface area contributed by atoms with Gasteiger partial charge in [0.2, 0.25) is 0 Å². The summed E-state index contributed by atoms with van der Waals surface area (Å²) in [6, 6.07) is 9.65. The molecule has 0 heterocycles. The van der Waals surface area contributed by atoms with Gasteiger partial charge in [0, 0.05) is 16.6 Å². The summed E-state index contributed by atoms with van der Waals surface area (Å²) < 4.78 is 1.18. The smallest absolute Gasteiger partial charge is 0.0510 e. The van der Waals surface area contributed by atoms with Gasteiger partial charge in [0.25, 0.3) is 0 Å². The maximum atomic E-state index is 6.36. The van der Waals surface area contributed by atoms with Gasteiger partial charge in [-0.1, -0.05) is 60.3 Å². The Morgan fingerprint density at radius 3 is 2.45 bits per heavy atom. The number of nitrogens with zero attached hydrogens (tertiary/aromatic N) is 1. The molecule has 1 aromatic rings. The number of rotatable bonds is 5. The molecule has 0 bridgehead atoms. The lowest BCUT2D eigenvalue weighted by Crippen LogP contribution is -2.46. The number of likely N-dealkylation sites (N-methyl/N-ethyl adjacent to an activating group) is 1. The molecule has 0 radical (unpaired) electrons. The molecular weight excluding hydrogens is 312 g/mol. The average Bonchev–Trinajstić information content (AvgIpc) is 2.46. The van der Waals surface area contributed by atoms with Gasteiger partial charge in [-0.05, 0) is 37.9 Å². The van der Waals surface area contributed by atoms with Gasteiger partial charge < -0.3 is 5.73 Å². The Labute approximate surface area is 131 Å². The van der Waals surface area contributed by atoms with E-state index in [9.17, 15) is 0 Å². The van der Waals surface area contributed by atoms with Gasteiger partial charge in [-0.15, -0.1) is 0 Å². The zero-order valence-electron chi connectivity index (χ0n) is 12.7. The Balaban J connectivity index is 2.28. The second kappa shape index (κ2) is 7.58. The van der Waals surface area contributed by atoms with E-state index < -0.39 is 0 Å². The first-order valence-corrected chi connectivity index (χ1v) is 8.70. The Hall–Kier alpha value is -0.380. The van der Waals surface area contributed by atoms with E-state index in [-0.39, 0.29) is 6.04 Å². The normalized spacial score (nSPS) is 20.1. The van der Waals surface area contributed by atoms with Crippen molar-refractivity contribution in [3.05, 3.63) is 34.3 Å². The molecule has 0 spiro atoms. The third-order valence-corrected chi connectivity index (χ3v) is 5.21. The van der Waals surface area contributed by atoms with Crippen LogP contribution in [0.3, 0.4) is 0 Å². The first kappa shape index (κ1) is 16.0. The molecule has 2 nitrogen and oxygen atoms in total. The van der Waals surface area contributed by atoms with Crippen LogP contribution in [0, 0.1) is 0 Å². The van der Waals surface area contributed by atoms with Crippen LogP contribution in [-0.2, 0) is 0 Å². The average molecular weight is 339 g/mol. The van der Waals surface area contributed by atoms with Crippen LogP contribution in [0.15, 0.2) is 28.7 Å². The summed E-state index contributed by atoms with van der Waals surface area (Å²) in [6.45, 7) is 5.47.